The van der Waals surface area contributed by atoms with Crippen LogP contribution in [0.4, 0.5) is 0 Å². The number of fused-ring (bicyclic) bond motifs is 5. The number of carbonyl (C=O) groups excluding carboxylic acids is 1. The first kappa shape index (κ1) is 19.0. The predicted molar refractivity (Wildman–Crippen MR) is 109 cm³/mol. The molecule has 0 saturated heterocycles. The summed E-state index contributed by atoms with van der Waals surface area (Å²) >= 11 is 3.63. The second-order valence-corrected chi connectivity index (χ2v) is 10.7. The lowest BCUT2D eigenvalue weighted by Crippen LogP contribution is -2.53. The molecule has 4 rings (SSSR count). The monoisotopic (exact) mass is 422 g/mol. The van der Waals surface area contributed by atoms with Gasteiger partial charge in [0.2, 0.25) is 0 Å². The molecule has 4 aliphatic carbocycles. The number of halogens is 1. The zero-order chi connectivity index (χ0) is 18.5. The second-order valence-electron chi connectivity index (χ2n) is 10.0. The Balaban J connectivity index is 1.54. The van der Waals surface area contributed by atoms with Gasteiger partial charge in [-0.05, 0) is 92.3 Å². The van der Waals surface area contributed by atoms with Crippen molar-refractivity contribution >= 4 is 21.9 Å². The van der Waals surface area contributed by atoms with E-state index in [-0.39, 0.29) is 12.1 Å². The lowest BCUT2D eigenvalue weighted by Gasteiger charge is -2.60. The van der Waals surface area contributed by atoms with Crippen molar-refractivity contribution in [3.63, 3.8) is 0 Å². The Morgan fingerprint density at radius 1 is 1.15 bits per heavy atom. The first-order valence-corrected chi connectivity index (χ1v) is 11.9. The molecule has 0 aliphatic heterocycles. The second kappa shape index (κ2) is 6.94. The minimum absolute atomic E-state index is 0.0993. The van der Waals surface area contributed by atoms with Crippen LogP contribution in [0.15, 0.2) is 11.6 Å². The number of carbonyl (C=O) groups is 1. The van der Waals surface area contributed by atoms with Gasteiger partial charge < -0.3 is 4.74 Å². The van der Waals surface area contributed by atoms with Crippen molar-refractivity contribution < 1.29 is 9.53 Å². The summed E-state index contributed by atoms with van der Waals surface area (Å²) in [5.41, 5.74) is 2.68. The summed E-state index contributed by atoms with van der Waals surface area (Å²) < 4.78 is 5.60. The Morgan fingerprint density at radius 3 is 2.69 bits per heavy atom. The molecule has 0 radical (unpaired) electrons. The average Bonchev–Trinajstić information content (AvgIpc) is 2.92. The SMILES string of the molecule is CC(=O)O[C@@H]1CC[C@@]2(C)[C@@H](CC[C@@H]3[C@@H]2CC[C@]2(C)/C(=C/CBr)CC[C@@H]32)C1. The number of hydrogen-bond acceptors (Lipinski definition) is 2. The van der Waals surface area contributed by atoms with Crippen LogP contribution in [-0.2, 0) is 9.53 Å². The van der Waals surface area contributed by atoms with E-state index >= 15 is 0 Å². The van der Waals surface area contributed by atoms with E-state index in [1.54, 1.807) is 12.5 Å². The maximum Gasteiger partial charge on any atom is 0.302 e. The van der Waals surface area contributed by atoms with Crippen LogP contribution < -0.4 is 0 Å². The number of allylic oxidation sites excluding steroid dienone is 2. The van der Waals surface area contributed by atoms with Crippen LogP contribution in [0.25, 0.3) is 0 Å². The average molecular weight is 423 g/mol. The summed E-state index contributed by atoms with van der Waals surface area (Å²) in [7, 11) is 0. The van der Waals surface area contributed by atoms with Gasteiger partial charge in [-0.15, -0.1) is 0 Å². The molecule has 2 nitrogen and oxygen atoms in total. The molecule has 0 aromatic rings. The fourth-order valence-electron chi connectivity index (χ4n) is 7.84. The fraction of sp³-hybridized carbons (Fsp3) is 0.870. The van der Waals surface area contributed by atoms with Crippen molar-refractivity contribution in [1.82, 2.24) is 0 Å². The van der Waals surface area contributed by atoms with E-state index in [0.717, 1.165) is 41.8 Å². The van der Waals surface area contributed by atoms with Gasteiger partial charge in [0.25, 0.3) is 0 Å². The molecule has 146 valence electrons. The van der Waals surface area contributed by atoms with Crippen molar-refractivity contribution in [2.75, 3.05) is 5.33 Å². The molecular weight excluding hydrogens is 388 g/mol. The third-order valence-corrected chi connectivity index (χ3v) is 9.45. The van der Waals surface area contributed by atoms with Crippen LogP contribution in [0.3, 0.4) is 0 Å². The molecule has 4 saturated carbocycles. The number of ether oxygens (including phenoxy) is 1. The molecule has 7 atom stereocenters. The normalized spacial score (nSPS) is 49.2. The maximum atomic E-state index is 11.4. The van der Waals surface area contributed by atoms with E-state index < -0.39 is 0 Å². The Kier molecular flexibility index (Phi) is 5.08. The summed E-state index contributed by atoms with van der Waals surface area (Å²) in [5.74, 6) is 3.36. The molecule has 4 aliphatic rings. The molecule has 0 spiro atoms. The Labute approximate surface area is 167 Å². The van der Waals surface area contributed by atoms with Gasteiger partial charge >= 0.3 is 5.97 Å². The van der Waals surface area contributed by atoms with E-state index in [1.165, 1.54) is 44.9 Å². The highest BCUT2D eigenvalue weighted by atomic mass is 79.9. The van der Waals surface area contributed by atoms with Gasteiger partial charge in [0.1, 0.15) is 6.10 Å². The fourth-order valence-corrected chi connectivity index (χ4v) is 8.23. The van der Waals surface area contributed by atoms with Crippen LogP contribution in [0.1, 0.15) is 78.6 Å². The van der Waals surface area contributed by atoms with Gasteiger partial charge in [0.15, 0.2) is 0 Å². The number of rotatable bonds is 2. The van der Waals surface area contributed by atoms with Gasteiger partial charge in [-0.25, -0.2) is 0 Å². The molecule has 26 heavy (non-hydrogen) atoms. The van der Waals surface area contributed by atoms with E-state index in [2.05, 4.69) is 35.9 Å². The third-order valence-electron chi connectivity index (χ3n) is 9.12. The highest BCUT2D eigenvalue weighted by molar-refractivity contribution is 9.09. The van der Waals surface area contributed by atoms with Crippen LogP contribution in [0.2, 0.25) is 0 Å². The van der Waals surface area contributed by atoms with Crippen molar-refractivity contribution in [3.8, 4) is 0 Å². The van der Waals surface area contributed by atoms with E-state index in [9.17, 15) is 4.79 Å². The number of esters is 1. The Morgan fingerprint density at radius 2 is 1.96 bits per heavy atom. The van der Waals surface area contributed by atoms with Gasteiger partial charge in [0.05, 0.1) is 0 Å². The molecule has 0 bridgehead atoms. The lowest BCUT2D eigenvalue weighted by atomic mass is 9.45. The molecule has 0 heterocycles. The van der Waals surface area contributed by atoms with Gasteiger partial charge in [-0.3, -0.25) is 4.79 Å². The Bertz CT molecular complexity index is 599. The summed E-state index contributed by atoms with van der Waals surface area (Å²) in [6.07, 6.45) is 14.4. The topological polar surface area (TPSA) is 26.3 Å². The van der Waals surface area contributed by atoms with Crippen molar-refractivity contribution in [3.05, 3.63) is 11.6 Å². The van der Waals surface area contributed by atoms with Crippen LogP contribution >= 0.6 is 15.9 Å². The molecule has 0 N–H and O–H groups in total. The highest BCUT2D eigenvalue weighted by Gasteiger charge is 2.59. The zero-order valence-corrected chi connectivity index (χ0v) is 18.3. The van der Waals surface area contributed by atoms with E-state index in [1.807, 2.05) is 0 Å². The van der Waals surface area contributed by atoms with Gasteiger partial charge in [-0.2, -0.15) is 0 Å². The molecule has 0 aromatic carbocycles. The van der Waals surface area contributed by atoms with E-state index in [4.69, 9.17) is 4.74 Å². The summed E-state index contributed by atoms with van der Waals surface area (Å²) in [6, 6.07) is 0. The van der Waals surface area contributed by atoms with E-state index in [0.29, 0.717) is 10.8 Å². The summed E-state index contributed by atoms with van der Waals surface area (Å²) in [5, 5.41) is 1.01. The molecule has 0 aromatic heterocycles. The zero-order valence-electron chi connectivity index (χ0n) is 16.7. The van der Waals surface area contributed by atoms with Crippen molar-refractivity contribution in [2.45, 2.75) is 84.7 Å². The maximum absolute atomic E-state index is 11.4. The predicted octanol–water partition coefficient (Wildman–Crippen LogP) is 6.28. The van der Waals surface area contributed by atoms with Gasteiger partial charge in [0, 0.05) is 12.3 Å². The first-order valence-electron chi connectivity index (χ1n) is 10.8. The summed E-state index contributed by atoms with van der Waals surface area (Å²) in [4.78, 5) is 11.4. The molecule has 0 amide bonds. The van der Waals surface area contributed by atoms with Gasteiger partial charge in [-0.1, -0.05) is 41.4 Å². The molecule has 3 heteroatoms. The van der Waals surface area contributed by atoms with Crippen LogP contribution in [0.5, 0.6) is 0 Å². The first-order chi connectivity index (χ1) is 12.4. The van der Waals surface area contributed by atoms with Crippen molar-refractivity contribution in [2.24, 2.45) is 34.5 Å². The minimum atomic E-state index is -0.0993. The lowest BCUT2D eigenvalue weighted by molar-refractivity contribution is -0.158. The molecular formula is C23H35BrO2. The largest absolute Gasteiger partial charge is 0.463 e. The highest BCUT2D eigenvalue weighted by Crippen LogP contribution is 2.67. The van der Waals surface area contributed by atoms with Crippen molar-refractivity contribution in [1.29, 1.82) is 0 Å². The van der Waals surface area contributed by atoms with Crippen LogP contribution in [0, 0.1) is 34.5 Å². The minimum Gasteiger partial charge on any atom is -0.463 e. The quantitative estimate of drug-likeness (QED) is 0.297. The summed E-state index contributed by atoms with van der Waals surface area (Å²) in [6.45, 7) is 6.72. The Hall–Kier alpha value is -0.310. The third kappa shape index (κ3) is 2.91. The standard InChI is InChI=1S/C23H35BrO2/c1-15(25)26-18-8-11-23(3)17(14-18)4-6-19-20-7-5-16(10-13-24)22(20,2)12-9-21(19)23/h10,17-21H,4-9,11-14H2,1-3H3/b16-10+/t17-,18+,19-,20-,21-,22+,23-/m0/s1. The van der Waals surface area contributed by atoms with Crippen LogP contribution in [-0.4, -0.2) is 17.4 Å². The molecule has 0 unspecified atom stereocenters. The smallest absolute Gasteiger partial charge is 0.302 e. The molecule has 4 fully saturated rings. The number of hydrogen-bond donors (Lipinski definition) is 0. The number of alkyl halides is 1.